The van der Waals surface area contributed by atoms with E-state index in [1.807, 2.05) is 24.3 Å². The van der Waals surface area contributed by atoms with Crippen LogP contribution in [-0.4, -0.2) is 24.8 Å². The van der Waals surface area contributed by atoms with Gasteiger partial charge in [-0.2, -0.15) is 5.26 Å². The Bertz CT molecular complexity index is 1290. The fourth-order valence-electron chi connectivity index (χ4n) is 2.77. The number of pyridine rings is 1. The number of fused-ring (bicyclic) bond motifs is 1. The molecule has 0 fully saturated rings. The lowest BCUT2D eigenvalue weighted by molar-refractivity contribution is -0.112. The summed E-state index contributed by atoms with van der Waals surface area (Å²) in [5.74, 6) is -0.742. The Morgan fingerprint density at radius 1 is 1.28 bits per heavy atom. The molecule has 0 aliphatic heterocycles. The van der Waals surface area contributed by atoms with Crippen molar-refractivity contribution in [2.75, 3.05) is 5.32 Å². The number of nitriles is 1. The quantitative estimate of drug-likeness (QED) is 0.411. The summed E-state index contributed by atoms with van der Waals surface area (Å²) in [6, 6.07) is 11.1. The largest absolute Gasteiger partial charge is 0.321 e. The second kappa shape index (κ2) is 7.58. The molecule has 0 atom stereocenters. The molecule has 0 spiro atoms. The van der Waals surface area contributed by atoms with Gasteiger partial charge in [-0.15, -0.1) is 0 Å². The molecular weight excluding hydrogens is 395 g/mol. The highest BCUT2D eigenvalue weighted by molar-refractivity contribution is 6.31. The Morgan fingerprint density at radius 3 is 2.86 bits per heavy atom. The predicted molar refractivity (Wildman–Crippen MR) is 106 cm³/mol. The van der Waals surface area contributed by atoms with E-state index >= 15 is 0 Å². The molecule has 0 aliphatic rings. The summed E-state index contributed by atoms with van der Waals surface area (Å²) in [6.45, 7) is 0. The second-order valence-electron chi connectivity index (χ2n) is 5.97. The van der Waals surface area contributed by atoms with Crippen molar-refractivity contribution < 1.29 is 9.18 Å². The summed E-state index contributed by atoms with van der Waals surface area (Å²) in [5.41, 5.74) is 1.29. The SMILES string of the molecule is N#C/C(=C/c1c(-n2ccnc2)nc2ccccn12)C(=O)Nc1ccc(F)c(Cl)c1. The predicted octanol–water partition coefficient (Wildman–Crippen LogP) is 3.86. The highest BCUT2D eigenvalue weighted by atomic mass is 35.5. The summed E-state index contributed by atoms with van der Waals surface area (Å²) in [6.07, 6.45) is 8.11. The maximum absolute atomic E-state index is 13.3. The van der Waals surface area contributed by atoms with E-state index in [2.05, 4.69) is 15.3 Å². The fourth-order valence-corrected chi connectivity index (χ4v) is 2.95. The first-order valence-electron chi connectivity index (χ1n) is 8.40. The Labute approximate surface area is 169 Å². The van der Waals surface area contributed by atoms with Crippen molar-refractivity contribution >= 4 is 34.9 Å². The first-order chi connectivity index (χ1) is 14.1. The third-order valence-electron chi connectivity index (χ3n) is 4.12. The molecule has 0 bridgehead atoms. The number of hydrogen-bond acceptors (Lipinski definition) is 4. The first-order valence-corrected chi connectivity index (χ1v) is 8.78. The highest BCUT2D eigenvalue weighted by Crippen LogP contribution is 2.22. The van der Waals surface area contributed by atoms with Gasteiger partial charge in [-0.25, -0.2) is 14.4 Å². The molecule has 29 heavy (non-hydrogen) atoms. The minimum Gasteiger partial charge on any atom is -0.321 e. The van der Waals surface area contributed by atoms with Crippen molar-refractivity contribution in [3.63, 3.8) is 0 Å². The minimum atomic E-state index is -0.655. The molecule has 0 aliphatic carbocycles. The standard InChI is InChI=1S/C20H12ClFN6O/c21-15-10-14(4-5-16(15)22)25-20(29)13(11-23)9-17-19(27-8-6-24-12-27)26-18-3-1-2-7-28(17)18/h1-10,12H,(H,25,29)/b13-9-. The van der Waals surface area contributed by atoms with E-state index in [9.17, 15) is 14.4 Å². The molecule has 1 amide bonds. The van der Waals surface area contributed by atoms with Crippen LogP contribution in [0.25, 0.3) is 17.5 Å². The van der Waals surface area contributed by atoms with Gasteiger partial charge in [0.1, 0.15) is 29.4 Å². The number of anilines is 1. The van der Waals surface area contributed by atoms with Gasteiger partial charge >= 0.3 is 0 Å². The van der Waals surface area contributed by atoms with Crippen LogP contribution in [0.15, 0.2) is 66.9 Å². The number of rotatable bonds is 4. The summed E-state index contributed by atoms with van der Waals surface area (Å²) in [7, 11) is 0. The van der Waals surface area contributed by atoms with E-state index < -0.39 is 11.7 Å². The van der Waals surface area contributed by atoms with Gasteiger partial charge in [-0.1, -0.05) is 17.7 Å². The van der Waals surface area contributed by atoms with Crippen LogP contribution in [0.1, 0.15) is 5.69 Å². The van der Waals surface area contributed by atoms with Gasteiger partial charge in [0, 0.05) is 24.3 Å². The van der Waals surface area contributed by atoms with E-state index in [1.54, 1.807) is 33.9 Å². The Hall–Kier alpha value is -3.96. The number of carbonyl (C=O) groups excluding carboxylic acids is 1. The van der Waals surface area contributed by atoms with Crippen LogP contribution < -0.4 is 5.32 Å². The van der Waals surface area contributed by atoms with E-state index in [1.165, 1.54) is 18.2 Å². The zero-order valence-electron chi connectivity index (χ0n) is 14.8. The van der Waals surface area contributed by atoms with Gasteiger partial charge in [0.2, 0.25) is 0 Å². The molecule has 3 heterocycles. The fraction of sp³-hybridized carbons (Fsp3) is 0. The molecule has 0 saturated heterocycles. The summed E-state index contributed by atoms with van der Waals surface area (Å²) in [4.78, 5) is 21.2. The number of hydrogen-bond donors (Lipinski definition) is 1. The number of imidazole rings is 2. The van der Waals surface area contributed by atoms with Gasteiger partial charge < -0.3 is 5.32 Å². The van der Waals surface area contributed by atoms with Gasteiger partial charge in [0.25, 0.3) is 5.91 Å². The third kappa shape index (κ3) is 3.59. The van der Waals surface area contributed by atoms with Crippen LogP contribution in [0.5, 0.6) is 0 Å². The molecule has 0 saturated carbocycles. The van der Waals surface area contributed by atoms with Gasteiger partial charge in [-0.05, 0) is 36.4 Å². The highest BCUT2D eigenvalue weighted by Gasteiger charge is 2.16. The van der Waals surface area contributed by atoms with Crippen LogP contribution >= 0.6 is 11.6 Å². The monoisotopic (exact) mass is 406 g/mol. The average Bonchev–Trinajstić information content (AvgIpc) is 3.36. The zero-order chi connectivity index (χ0) is 20.4. The maximum Gasteiger partial charge on any atom is 0.266 e. The van der Waals surface area contributed by atoms with Crippen LogP contribution in [0.2, 0.25) is 5.02 Å². The van der Waals surface area contributed by atoms with Crippen LogP contribution in [0, 0.1) is 17.1 Å². The molecule has 7 nitrogen and oxygen atoms in total. The van der Waals surface area contributed by atoms with Crippen molar-refractivity contribution in [1.82, 2.24) is 18.9 Å². The van der Waals surface area contributed by atoms with E-state index in [-0.39, 0.29) is 16.3 Å². The maximum atomic E-state index is 13.3. The molecule has 4 aromatic rings. The smallest absolute Gasteiger partial charge is 0.266 e. The molecule has 1 N–H and O–H groups in total. The van der Waals surface area contributed by atoms with Crippen molar-refractivity contribution in [3.05, 3.63) is 83.4 Å². The molecule has 142 valence electrons. The van der Waals surface area contributed by atoms with E-state index in [4.69, 9.17) is 11.6 Å². The number of benzene rings is 1. The van der Waals surface area contributed by atoms with Crippen LogP contribution in [0.3, 0.4) is 0 Å². The topological polar surface area (TPSA) is 88.0 Å². The van der Waals surface area contributed by atoms with Crippen molar-refractivity contribution in [2.24, 2.45) is 0 Å². The normalized spacial score (nSPS) is 11.4. The van der Waals surface area contributed by atoms with Gasteiger partial charge in [0.15, 0.2) is 5.82 Å². The number of amides is 1. The lowest BCUT2D eigenvalue weighted by Gasteiger charge is -2.06. The van der Waals surface area contributed by atoms with Crippen molar-refractivity contribution in [2.45, 2.75) is 0 Å². The Kier molecular flexibility index (Phi) is 4.81. The summed E-state index contributed by atoms with van der Waals surface area (Å²) >= 11 is 5.74. The number of nitrogens with zero attached hydrogens (tertiary/aromatic N) is 5. The zero-order valence-corrected chi connectivity index (χ0v) is 15.5. The van der Waals surface area contributed by atoms with Gasteiger partial charge in [-0.3, -0.25) is 13.8 Å². The lowest BCUT2D eigenvalue weighted by Crippen LogP contribution is -2.13. The first kappa shape index (κ1) is 18.4. The number of nitrogens with one attached hydrogen (secondary N) is 1. The molecule has 4 rings (SSSR count). The lowest BCUT2D eigenvalue weighted by atomic mass is 10.2. The van der Waals surface area contributed by atoms with Crippen molar-refractivity contribution in [3.8, 4) is 11.9 Å². The Morgan fingerprint density at radius 2 is 2.14 bits per heavy atom. The van der Waals surface area contributed by atoms with E-state index in [0.717, 1.165) is 6.07 Å². The second-order valence-corrected chi connectivity index (χ2v) is 6.38. The number of halogens is 2. The number of aromatic nitrogens is 4. The van der Waals surface area contributed by atoms with E-state index in [0.29, 0.717) is 17.2 Å². The molecule has 0 unspecified atom stereocenters. The Balaban J connectivity index is 1.76. The minimum absolute atomic E-state index is 0.130. The van der Waals surface area contributed by atoms with Crippen molar-refractivity contribution in [1.29, 1.82) is 5.26 Å². The summed E-state index contributed by atoms with van der Waals surface area (Å²) in [5, 5.41) is 12.0. The molecule has 3 aromatic heterocycles. The summed E-state index contributed by atoms with van der Waals surface area (Å²) < 4.78 is 16.8. The average molecular weight is 407 g/mol. The molecule has 9 heteroatoms. The van der Waals surface area contributed by atoms with Gasteiger partial charge in [0.05, 0.1) is 10.7 Å². The number of carbonyl (C=O) groups is 1. The molecule has 0 radical (unpaired) electrons. The van der Waals surface area contributed by atoms with Crippen LogP contribution in [0.4, 0.5) is 10.1 Å². The third-order valence-corrected chi connectivity index (χ3v) is 4.41. The molecular formula is C20H12ClFN6O. The van der Waals surface area contributed by atoms with Crippen LogP contribution in [-0.2, 0) is 4.79 Å². The molecule has 1 aromatic carbocycles.